The second kappa shape index (κ2) is 7.00. The molecule has 7 nitrogen and oxygen atoms in total. The van der Waals surface area contributed by atoms with Gasteiger partial charge < -0.3 is 9.73 Å². The molecule has 0 spiro atoms. The number of rotatable bonds is 4. The van der Waals surface area contributed by atoms with Crippen molar-refractivity contribution in [2.75, 3.05) is 5.32 Å². The number of nitrogens with one attached hydrogen (secondary N) is 1. The molecule has 0 bridgehead atoms. The van der Waals surface area contributed by atoms with Gasteiger partial charge in [0, 0.05) is 23.6 Å². The maximum Gasteiger partial charge on any atom is 0.283 e. The number of amides is 1. The van der Waals surface area contributed by atoms with Crippen LogP contribution in [0.25, 0.3) is 21.5 Å². The summed E-state index contributed by atoms with van der Waals surface area (Å²) in [6.07, 6.45) is 4.52. The number of carbonyl (C=O) groups is 1. The highest BCUT2D eigenvalue weighted by Gasteiger charge is 2.14. The van der Waals surface area contributed by atoms with E-state index in [1.807, 2.05) is 5.38 Å². The maximum absolute atomic E-state index is 12.8. The lowest BCUT2D eigenvalue weighted by atomic mass is 10.2. The van der Waals surface area contributed by atoms with E-state index < -0.39 is 0 Å². The van der Waals surface area contributed by atoms with E-state index in [1.54, 1.807) is 48.9 Å². The monoisotopic (exact) mass is 378 g/mol. The van der Waals surface area contributed by atoms with Crippen LogP contribution in [-0.2, 0) is 4.79 Å². The molecule has 3 aromatic heterocycles. The van der Waals surface area contributed by atoms with Crippen LogP contribution in [0.5, 0.6) is 0 Å². The van der Waals surface area contributed by atoms with Crippen molar-refractivity contribution in [3.05, 3.63) is 70.3 Å². The summed E-state index contributed by atoms with van der Waals surface area (Å²) in [5.41, 5.74) is 1.93. The molecule has 0 atom stereocenters. The SMILES string of the molecule is CC(=O)Nc1ccc(/C=N\n2cnc3scc(-c4ccco4)c3c2=O)cc1. The molecule has 4 aromatic rings. The molecule has 0 aliphatic heterocycles. The number of nitrogens with zero attached hydrogens (tertiary/aromatic N) is 3. The molecule has 4 rings (SSSR count). The number of carbonyl (C=O) groups excluding carboxylic acids is 1. The molecule has 0 aliphatic carbocycles. The Morgan fingerprint density at radius 3 is 2.81 bits per heavy atom. The Balaban J connectivity index is 1.67. The van der Waals surface area contributed by atoms with E-state index in [9.17, 15) is 9.59 Å². The Morgan fingerprint density at radius 1 is 1.30 bits per heavy atom. The molecule has 0 fully saturated rings. The molecule has 1 aromatic carbocycles. The second-order valence-electron chi connectivity index (χ2n) is 5.75. The minimum absolute atomic E-state index is 0.134. The molecule has 0 saturated carbocycles. The zero-order valence-corrected chi connectivity index (χ0v) is 15.1. The number of benzene rings is 1. The summed E-state index contributed by atoms with van der Waals surface area (Å²) in [5, 5.41) is 9.25. The van der Waals surface area contributed by atoms with Crippen molar-refractivity contribution in [3.63, 3.8) is 0 Å². The Kier molecular flexibility index (Phi) is 4.39. The van der Waals surface area contributed by atoms with Crippen molar-refractivity contribution in [1.29, 1.82) is 0 Å². The van der Waals surface area contributed by atoms with Crippen molar-refractivity contribution in [3.8, 4) is 11.3 Å². The van der Waals surface area contributed by atoms with Crippen molar-refractivity contribution in [1.82, 2.24) is 9.66 Å². The van der Waals surface area contributed by atoms with Gasteiger partial charge in [-0.05, 0) is 29.8 Å². The zero-order valence-electron chi connectivity index (χ0n) is 14.2. The van der Waals surface area contributed by atoms with Gasteiger partial charge in [0.2, 0.25) is 5.91 Å². The second-order valence-corrected chi connectivity index (χ2v) is 6.61. The Morgan fingerprint density at radius 2 is 2.11 bits per heavy atom. The number of aromatic nitrogens is 2. The minimum Gasteiger partial charge on any atom is -0.464 e. The van der Waals surface area contributed by atoms with E-state index in [2.05, 4.69) is 15.4 Å². The lowest BCUT2D eigenvalue weighted by Crippen LogP contribution is -2.16. The van der Waals surface area contributed by atoms with E-state index in [0.717, 1.165) is 5.56 Å². The molecule has 1 N–H and O–H groups in total. The van der Waals surface area contributed by atoms with Gasteiger partial charge in [0.25, 0.3) is 5.56 Å². The van der Waals surface area contributed by atoms with Gasteiger partial charge in [0.05, 0.1) is 17.9 Å². The van der Waals surface area contributed by atoms with Gasteiger partial charge in [-0.2, -0.15) is 9.78 Å². The van der Waals surface area contributed by atoms with Gasteiger partial charge in [0.1, 0.15) is 16.9 Å². The molecule has 0 radical (unpaired) electrons. The third kappa shape index (κ3) is 3.42. The fourth-order valence-electron chi connectivity index (χ4n) is 2.60. The molecule has 0 saturated heterocycles. The molecule has 8 heteroatoms. The van der Waals surface area contributed by atoms with Crippen LogP contribution in [0.3, 0.4) is 0 Å². The van der Waals surface area contributed by atoms with Crippen molar-refractivity contribution >= 4 is 39.4 Å². The Bertz CT molecular complexity index is 1190. The highest BCUT2D eigenvalue weighted by molar-refractivity contribution is 7.17. The summed E-state index contributed by atoms with van der Waals surface area (Å²) in [6.45, 7) is 1.45. The predicted molar refractivity (Wildman–Crippen MR) is 105 cm³/mol. The van der Waals surface area contributed by atoms with Crippen molar-refractivity contribution in [2.45, 2.75) is 6.92 Å². The van der Waals surface area contributed by atoms with Crippen LogP contribution in [0.4, 0.5) is 5.69 Å². The Hall–Kier alpha value is -3.52. The first kappa shape index (κ1) is 16.9. The third-order valence-electron chi connectivity index (χ3n) is 3.83. The molecule has 0 aliphatic rings. The molecule has 0 unspecified atom stereocenters. The summed E-state index contributed by atoms with van der Waals surface area (Å²) < 4.78 is 6.61. The smallest absolute Gasteiger partial charge is 0.283 e. The van der Waals surface area contributed by atoms with Gasteiger partial charge in [-0.1, -0.05) is 12.1 Å². The highest BCUT2D eigenvalue weighted by atomic mass is 32.1. The van der Waals surface area contributed by atoms with Crippen LogP contribution in [-0.4, -0.2) is 21.8 Å². The number of hydrogen-bond acceptors (Lipinski definition) is 6. The molecule has 134 valence electrons. The van der Waals surface area contributed by atoms with Gasteiger partial charge in [-0.3, -0.25) is 9.59 Å². The van der Waals surface area contributed by atoms with Crippen LogP contribution in [0, 0.1) is 0 Å². The Labute approximate surface area is 157 Å². The lowest BCUT2D eigenvalue weighted by Gasteiger charge is -2.02. The van der Waals surface area contributed by atoms with E-state index in [4.69, 9.17) is 4.42 Å². The van der Waals surface area contributed by atoms with Crippen molar-refractivity contribution < 1.29 is 9.21 Å². The maximum atomic E-state index is 12.8. The summed E-state index contributed by atoms with van der Waals surface area (Å²) >= 11 is 1.39. The van der Waals surface area contributed by atoms with Crippen LogP contribution >= 0.6 is 11.3 Å². The molecular weight excluding hydrogens is 364 g/mol. The van der Waals surface area contributed by atoms with Gasteiger partial charge in [-0.25, -0.2) is 4.98 Å². The number of anilines is 1. The fraction of sp³-hybridized carbons (Fsp3) is 0.0526. The van der Waals surface area contributed by atoms with Crippen LogP contribution in [0.2, 0.25) is 0 Å². The summed E-state index contributed by atoms with van der Waals surface area (Å²) in [4.78, 5) is 28.8. The molecular formula is C19H14N4O3S. The number of thiophene rings is 1. The lowest BCUT2D eigenvalue weighted by molar-refractivity contribution is -0.114. The van der Waals surface area contributed by atoms with Crippen LogP contribution in [0.1, 0.15) is 12.5 Å². The standard InChI is InChI=1S/C19H14N4O3S/c1-12(24)22-14-6-4-13(5-7-14)9-21-23-11-20-18-17(19(23)25)15(10-27-18)16-3-2-8-26-16/h2-11H,1H3,(H,22,24)/b21-9-. The van der Waals surface area contributed by atoms with Crippen LogP contribution in [0.15, 0.2) is 68.7 Å². The number of hydrogen-bond donors (Lipinski definition) is 1. The summed E-state index contributed by atoms with van der Waals surface area (Å²) in [7, 11) is 0. The van der Waals surface area contributed by atoms with Gasteiger partial charge in [0.15, 0.2) is 0 Å². The van der Waals surface area contributed by atoms with E-state index >= 15 is 0 Å². The van der Waals surface area contributed by atoms with E-state index in [-0.39, 0.29) is 11.5 Å². The summed E-state index contributed by atoms with van der Waals surface area (Å²) in [6, 6.07) is 10.7. The quantitative estimate of drug-likeness (QED) is 0.550. The first-order valence-corrected chi connectivity index (χ1v) is 8.94. The average Bonchev–Trinajstić information content (AvgIpc) is 3.31. The predicted octanol–water partition coefficient (Wildman–Crippen LogP) is 3.56. The average molecular weight is 378 g/mol. The highest BCUT2D eigenvalue weighted by Crippen LogP contribution is 2.30. The van der Waals surface area contributed by atoms with Gasteiger partial charge in [-0.15, -0.1) is 11.3 Å². The van der Waals surface area contributed by atoms with E-state index in [0.29, 0.717) is 27.2 Å². The topological polar surface area (TPSA) is 89.5 Å². The van der Waals surface area contributed by atoms with Gasteiger partial charge >= 0.3 is 0 Å². The molecule has 27 heavy (non-hydrogen) atoms. The normalized spacial score (nSPS) is 11.3. The largest absolute Gasteiger partial charge is 0.464 e. The fourth-order valence-corrected chi connectivity index (χ4v) is 3.49. The zero-order chi connectivity index (χ0) is 18.8. The molecule has 1 amide bonds. The number of furan rings is 1. The van der Waals surface area contributed by atoms with E-state index in [1.165, 1.54) is 29.3 Å². The third-order valence-corrected chi connectivity index (χ3v) is 4.71. The minimum atomic E-state index is -0.265. The molecule has 3 heterocycles. The first-order valence-electron chi connectivity index (χ1n) is 8.06. The first-order chi connectivity index (χ1) is 13.1. The number of fused-ring (bicyclic) bond motifs is 1. The van der Waals surface area contributed by atoms with Crippen LogP contribution < -0.4 is 10.9 Å². The summed E-state index contributed by atoms with van der Waals surface area (Å²) in [5.74, 6) is 0.487. The van der Waals surface area contributed by atoms with Crippen molar-refractivity contribution in [2.24, 2.45) is 5.10 Å².